The SMILES string of the molecule is NC(N)=NCCC[C@H](NC(=O)[C@@H]1CCCN1C(=O)[C@@H](N)CCCN=C(N)N)C(=O)CC(CN[C@@H](C=O)Cc1ccccc1)NCC(=O)NCCNS(=O)(=O)c1cccc2cnccc12. The molecule has 64 heavy (non-hydrogen) atoms. The Labute approximate surface area is 373 Å². The Kier molecular flexibility index (Phi) is 20.5. The van der Waals surface area contributed by atoms with E-state index in [1.54, 1.807) is 24.4 Å². The van der Waals surface area contributed by atoms with Gasteiger partial charge in [0.05, 0.1) is 29.6 Å². The van der Waals surface area contributed by atoms with Crippen LogP contribution in [0.4, 0.5) is 0 Å². The highest BCUT2D eigenvalue weighted by Crippen LogP contribution is 2.22. The second kappa shape index (κ2) is 25.9. The van der Waals surface area contributed by atoms with Gasteiger partial charge in [-0.2, -0.15) is 0 Å². The van der Waals surface area contributed by atoms with Gasteiger partial charge in [-0.15, -0.1) is 0 Å². The number of likely N-dealkylation sites (tertiary alicyclic amines) is 1. The first-order valence-corrected chi connectivity index (χ1v) is 22.7. The van der Waals surface area contributed by atoms with Gasteiger partial charge in [0, 0.05) is 74.9 Å². The number of amides is 3. The van der Waals surface area contributed by atoms with Crippen LogP contribution in [0.25, 0.3) is 10.8 Å². The number of sulfonamides is 1. The minimum Gasteiger partial charge on any atom is -0.370 e. The molecule has 0 aliphatic carbocycles. The normalized spacial score (nSPS) is 15.6. The van der Waals surface area contributed by atoms with Crippen molar-refractivity contribution in [2.24, 2.45) is 38.7 Å². The van der Waals surface area contributed by atoms with Crippen molar-refractivity contribution in [3.63, 3.8) is 0 Å². The lowest BCUT2D eigenvalue weighted by molar-refractivity contribution is -0.140. The number of pyridine rings is 1. The minimum absolute atomic E-state index is 0.0361. The zero-order valence-corrected chi connectivity index (χ0v) is 36.7. The zero-order chi connectivity index (χ0) is 46.5. The summed E-state index contributed by atoms with van der Waals surface area (Å²) in [5, 5.41) is 13.0. The number of rotatable bonds is 28. The molecule has 1 unspecified atom stereocenters. The highest BCUT2D eigenvalue weighted by molar-refractivity contribution is 7.89. The minimum atomic E-state index is -3.92. The molecule has 3 aromatic rings. The molecule has 3 amide bonds. The van der Waals surface area contributed by atoms with Gasteiger partial charge in [0.25, 0.3) is 0 Å². The summed E-state index contributed by atoms with van der Waals surface area (Å²) >= 11 is 0. The van der Waals surface area contributed by atoms with E-state index in [2.05, 4.69) is 41.0 Å². The van der Waals surface area contributed by atoms with Gasteiger partial charge in [-0.1, -0.05) is 42.5 Å². The van der Waals surface area contributed by atoms with E-state index >= 15 is 0 Å². The maximum Gasteiger partial charge on any atom is 0.243 e. The number of nitrogens with one attached hydrogen (secondary N) is 5. The first-order chi connectivity index (χ1) is 30.7. The van der Waals surface area contributed by atoms with Crippen molar-refractivity contribution in [1.29, 1.82) is 0 Å². The van der Waals surface area contributed by atoms with Crippen molar-refractivity contribution in [2.75, 3.05) is 45.8 Å². The van der Waals surface area contributed by atoms with Crippen LogP contribution in [-0.4, -0.2) is 136 Å². The number of aliphatic imine (C=N–C) groups is 2. The molecule has 1 aromatic heterocycles. The van der Waals surface area contributed by atoms with Crippen LogP contribution in [0.2, 0.25) is 0 Å². The number of aromatic nitrogens is 1. The summed E-state index contributed by atoms with van der Waals surface area (Å²) in [4.78, 5) is 80.1. The molecule has 0 spiro atoms. The molecule has 1 aliphatic rings. The lowest BCUT2D eigenvalue weighted by Crippen LogP contribution is -2.54. The van der Waals surface area contributed by atoms with Crippen molar-refractivity contribution in [3.05, 3.63) is 72.6 Å². The van der Waals surface area contributed by atoms with Crippen LogP contribution in [0, 0.1) is 0 Å². The maximum absolute atomic E-state index is 14.2. The Balaban J connectivity index is 1.42. The van der Waals surface area contributed by atoms with Gasteiger partial charge in [-0.05, 0) is 62.6 Å². The van der Waals surface area contributed by atoms with Gasteiger partial charge in [-0.25, -0.2) is 13.1 Å². The topological polar surface area (TPSA) is 351 Å². The van der Waals surface area contributed by atoms with Crippen LogP contribution in [0.15, 0.2) is 81.9 Å². The Hall–Kier alpha value is -6.07. The van der Waals surface area contributed by atoms with Crippen LogP contribution in [-0.2, 0) is 40.4 Å². The molecule has 22 heteroatoms. The fraction of sp³-hybridized carbons (Fsp3) is 0.476. The first kappa shape index (κ1) is 50.6. The molecule has 2 aromatic carbocycles. The Morgan fingerprint density at radius 1 is 0.906 bits per heavy atom. The second-order valence-corrected chi connectivity index (χ2v) is 17.2. The number of ketones is 1. The largest absolute Gasteiger partial charge is 0.370 e. The summed E-state index contributed by atoms with van der Waals surface area (Å²) in [6.07, 6.45) is 6.20. The summed E-state index contributed by atoms with van der Waals surface area (Å²) in [7, 11) is -3.92. The molecule has 1 saturated heterocycles. The molecular formula is C42H62N14O7S. The molecule has 2 heterocycles. The van der Waals surface area contributed by atoms with Crippen molar-refractivity contribution in [1.82, 2.24) is 35.9 Å². The molecule has 4 rings (SSSR count). The third-order valence-corrected chi connectivity index (χ3v) is 12.1. The zero-order valence-electron chi connectivity index (χ0n) is 35.9. The standard InChI is InChI=1S/C42H62N14O7S/c43-33(11-5-16-50-41(44)45)40(61)56-21-7-13-35(56)39(60)55-34(12-6-17-51-42(46)47)36(58)23-30(25-52-31(27-57)22-28-8-2-1-3-9-28)53-26-38(59)49-19-20-54-64(62,63)37-14-4-10-29-24-48-18-15-32(29)37/h1-4,8-10,14-15,18,24,27,30-31,33-35,52-54H,5-7,11-13,16-17,19-23,25-26,43H2,(H,49,59)(H,55,60)(H4,44,45,50)(H4,46,47,51)/t30?,31-,33+,34+,35+/m1/s1. The number of aldehydes is 1. The first-order valence-electron chi connectivity index (χ1n) is 21.2. The van der Waals surface area contributed by atoms with Gasteiger partial charge < -0.3 is 59.6 Å². The van der Waals surface area contributed by atoms with E-state index in [1.807, 2.05) is 30.3 Å². The van der Waals surface area contributed by atoms with Crippen LogP contribution in [0.3, 0.4) is 0 Å². The van der Waals surface area contributed by atoms with Crippen molar-refractivity contribution in [2.45, 2.75) is 86.5 Å². The summed E-state index contributed by atoms with van der Waals surface area (Å²) in [5.74, 6) is -1.97. The van der Waals surface area contributed by atoms with E-state index in [0.717, 1.165) is 11.8 Å². The highest BCUT2D eigenvalue weighted by atomic mass is 32.2. The van der Waals surface area contributed by atoms with E-state index < -0.39 is 58.0 Å². The lowest BCUT2D eigenvalue weighted by Gasteiger charge is -2.29. The Morgan fingerprint density at radius 2 is 1.62 bits per heavy atom. The molecule has 0 radical (unpaired) electrons. The molecule has 1 aliphatic heterocycles. The number of carbonyl (C=O) groups is 5. The van der Waals surface area contributed by atoms with Crippen LogP contribution < -0.4 is 54.7 Å². The maximum atomic E-state index is 14.2. The molecule has 1 fully saturated rings. The number of nitrogens with zero attached hydrogens (tertiary/aromatic N) is 4. The van der Waals surface area contributed by atoms with E-state index in [9.17, 15) is 32.4 Å². The van der Waals surface area contributed by atoms with Gasteiger partial charge in [-0.3, -0.25) is 34.1 Å². The molecule has 5 atom stereocenters. The quantitative estimate of drug-likeness (QED) is 0.0161. The molecule has 0 saturated carbocycles. The monoisotopic (exact) mass is 906 g/mol. The molecule has 0 bridgehead atoms. The average molecular weight is 907 g/mol. The molecule has 348 valence electrons. The fourth-order valence-corrected chi connectivity index (χ4v) is 8.53. The molecule has 21 nitrogen and oxygen atoms in total. The number of carbonyl (C=O) groups excluding carboxylic acids is 5. The van der Waals surface area contributed by atoms with Crippen molar-refractivity contribution in [3.8, 4) is 0 Å². The van der Waals surface area contributed by atoms with Crippen molar-refractivity contribution >= 4 is 62.5 Å². The Morgan fingerprint density at radius 3 is 2.33 bits per heavy atom. The Bertz CT molecular complexity index is 2180. The summed E-state index contributed by atoms with van der Waals surface area (Å²) in [6, 6.07) is 11.7. The van der Waals surface area contributed by atoms with E-state index in [-0.39, 0.29) is 68.2 Å². The fourth-order valence-electron chi connectivity index (χ4n) is 7.27. The smallest absolute Gasteiger partial charge is 0.243 e. The molecular weight excluding hydrogens is 845 g/mol. The number of benzene rings is 2. The number of fused-ring (bicyclic) bond motifs is 1. The van der Waals surface area contributed by atoms with E-state index in [0.29, 0.717) is 62.4 Å². The van der Waals surface area contributed by atoms with Gasteiger partial charge >= 0.3 is 0 Å². The van der Waals surface area contributed by atoms with Gasteiger partial charge in [0.15, 0.2) is 17.7 Å². The van der Waals surface area contributed by atoms with Crippen molar-refractivity contribution < 1.29 is 32.4 Å². The van der Waals surface area contributed by atoms with E-state index in [1.165, 1.54) is 17.2 Å². The predicted molar refractivity (Wildman–Crippen MR) is 244 cm³/mol. The molecule has 15 N–H and O–H groups in total. The third kappa shape index (κ3) is 16.6. The number of guanidine groups is 2. The third-order valence-electron chi connectivity index (χ3n) is 10.5. The second-order valence-electron chi connectivity index (χ2n) is 15.4. The summed E-state index contributed by atoms with van der Waals surface area (Å²) in [6.45, 7) is 0.476. The van der Waals surface area contributed by atoms with Crippen LogP contribution in [0.5, 0.6) is 0 Å². The van der Waals surface area contributed by atoms with Gasteiger partial charge in [0.2, 0.25) is 27.7 Å². The summed E-state index contributed by atoms with van der Waals surface area (Å²) < 4.78 is 28.8. The average Bonchev–Trinajstić information content (AvgIpc) is 3.78. The number of hydrogen-bond donors (Lipinski definition) is 10. The number of Topliss-reactive ketones (excluding diaryl/α,β-unsaturated/α-hetero) is 1. The van der Waals surface area contributed by atoms with E-state index in [4.69, 9.17) is 28.7 Å². The number of hydrogen-bond acceptors (Lipinski definition) is 13. The highest BCUT2D eigenvalue weighted by Gasteiger charge is 2.37. The van der Waals surface area contributed by atoms with Crippen LogP contribution in [0.1, 0.15) is 50.5 Å². The summed E-state index contributed by atoms with van der Waals surface area (Å²) in [5.41, 5.74) is 28.9. The lowest BCUT2D eigenvalue weighted by atomic mass is 9.99. The van der Waals surface area contributed by atoms with Crippen LogP contribution >= 0.6 is 0 Å². The predicted octanol–water partition coefficient (Wildman–Crippen LogP) is -2.14. The number of nitrogens with two attached hydrogens (primary N) is 5. The van der Waals surface area contributed by atoms with Gasteiger partial charge in [0.1, 0.15) is 12.3 Å².